The lowest BCUT2D eigenvalue weighted by Gasteiger charge is -2.32. The van der Waals surface area contributed by atoms with Crippen LogP contribution in [0.2, 0.25) is 0 Å². The third kappa shape index (κ3) is 7.21. The molecule has 186 valence electrons. The van der Waals surface area contributed by atoms with Gasteiger partial charge in [-0.05, 0) is 62.6 Å². The van der Waals surface area contributed by atoms with Gasteiger partial charge in [-0.15, -0.1) is 0 Å². The fraction of sp³-hybridized carbons (Fsp3) is 0.440. The van der Waals surface area contributed by atoms with Crippen LogP contribution < -0.4 is 14.4 Å². The van der Waals surface area contributed by atoms with Crippen LogP contribution in [0, 0.1) is 6.92 Å². The third-order valence-corrected chi connectivity index (χ3v) is 6.95. The number of nitrogens with zero attached hydrogens (tertiary/aromatic N) is 2. The molecule has 0 radical (unpaired) electrons. The van der Waals surface area contributed by atoms with E-state index >= 15 is 0 Å². The molecule has 2 amide bonds. The highest BCUT2D eigenvalue weighted by Crippen LogP contribution is 2.22. The van der Waals surface area contributed by atoms with Gasteiger partial charge in [0.15, 0.2) is 0 Å². The zero-order valence-corrected chi connectivity index (χ0v) is 21.6. The second-order valence-corrected chi connectivity index (χ2v) is 10.3. The van der Waals surface area contributed by atoms with Gasteiger partial charge in [-0.25, -0.2) is 8.42 Å². The van der Waals surface area contributed by atoms with E-state index in [0.29, 0.717) is 11.4 Å². The zero-order chi connectivity index (χ0) is 25.5. The molecule has 0 spiro atoms. The van der Waals surface area contributed by atoms with Crippen molar-refractivity contribution < 1.29 is 22.7 Å². The predicted molar refractivity (Wildman–Crippen MR) is 134 cm³/mol. The first-order valence-electron chi connectivity index (χ1n) is 11.2. The molecule has 1 N–H and O–H groups in total. The molecular formula is C25H35N3O5S. The molecule has 0 heterocycles. The van der Waals surface area contributed by atoms with E-state index in [-0.39, 0.29) is 18.5 Å². The van der Waals surface area contributed by atoms with Gasteiger partial charge >= 0.3 is 0 Å². The highest BCUT2D eigenvalue weighted by molar-refractivity contribution is 7.92. The molecule has 2 aromatic rings. The minimum atomic E-state index is -3.77. The van der Waals surface area contributed by atoms with E-state index in [4.69, 9.17) is 4.74 Å². The van der Waals surface area contributed by atoms with Crippen LogP contribution in [0.15, 0.2) is 48.5 Å². The number of ether oxygens (including phenoxy) is 1. The maximum absolute atomic E-state index is 13.5. The van der Waals surface area contributed by atoms with Gasteiger partial charge in [0.2, 0.25) is 21.8 Å². The van der Waals surface area contributed by atoms with Gasteiger partial charge in [0.25, 0.3) is 0 Å². The summed E-state index contributed by atoms with van der Waals surface area (Å²) >= 11 is 0. The molecule has 2 aromatic carbocycles. The number of hydrogen-bond acceptors (Lipinski definition) is 5. The summed E-state index contributed by atoms with van der Waals surface area (Å²) in [6.45, 7) is 7.20. The maximum atomic E-state index is 13.5. The average Bonchev–Trinajstić information content (AvgIpc) is 2.80. The Balaban J connectivity index is 2.39. The van der Waals surface area contributed by atoms with Gasteiger partial charge in [0, 0.05) is 12.6 Å². The van der Waals surface area contributed by atoms with Crippen molar-refractivity contribution >= 4 is 27.5 Å². The lowest BCUT2D eigenvalue weighted by molar-refractivity contribution is -0.139. The minimum Gasteiger partial charge on any atom is -0.497 e. The highest BCUT2D eigenvalue weighted by atomic mass is 32.2. The Kier molecular flexibility index (Phi) is 9.49. The first kappa shape index (κ1) is 27.2. The van der Waals surface area contributed by atoms with Crippen LogP contribution in [0.4, 0.5) is 5.69 Å². The van der Waals surface area contributed by atoms with Crippen molar-refractivity contribution in [3.05, 3.63) is 59.7 Å². The van der Waals surface area contributed by atoms with Crippen molar-refractivity contribution in [1.29, 1.82) is 0 Å². The number of anilines is 1. The molecule has 0 saturated heterocycles. The fourth-order valence-corrected chi connectivity index (χ4v) is 4.23. The number of rotatable bonds is 11. The highest BCUT2D eigenvalue weighted by Gasteiger charge is 2.30. The van der Waals surface area contributed by atoms with Gasteiger partial charge in [0.1, 0.15) is 18.3 Å². The molecule has 0 aliphatic carbocycles. The quantitative estimate of drug-likeness (QED) is 0.523. The van der Waals surface area contributed by atoms with E-state index in [1.165, 1.54) is 12.0 Å². The Bertz CT molecular complexity index is 1090. The van der Waals surface area contributed by atoms with Crippen molar-refractivity contribution in [3.63, 3.8) is 0 Å². The smallest absolute Gasteiger partial charge is 0.244 e. The molecule has 0 aromatic heterocycles. The Morgan fingerprint density at radius 3 is 2.21 bits per heavy atom. The number of carbonyl (C=O) groups excluding carboxylic acids is 2. The summed E-state index contributed by atoms with van der Waals surface area (Å²) in [4.78, 5) is 27.9. The minimum absolute atomic E-state index is 0.0443. The van der Waals surface area contributed by atoms with Gasteiger partial charge in [0.05, 0.1) is 19.1 Å². The summed E-state index contributed by atoms with van der Waals surface area (Å²) in [6, 6.07) is 13.2. The van der Waals surface area contributed by atoms with Gasteiger partial charge < -0.3 is 15.0 Å². The summed E-state index contributed by atoms with van der Waals surface area (Å²) in [5.41, 5.74) is 2.20. The number of amides is 2. The van der Waals surface area contributed by atoms with E-state index in [1.807, 2.05) is 45.0 Å². The van der Waals surface area contributed by atoms with Crippen LogP contribution in [-0.4, -0.2) is 57.1 Å². The van der Waals surface area contributed by atoms with Crippen LogP contribution >= 0.6 is 0 Å². The van der Waals surface area contributed by atoms with E-state index < -0.39 is 28.5 Å². The zero-order valence-electron chi connectivity index (χ0n) is 20.7. The van der Waals surface area contributed by atoms with E-state index in [1.54, 1.807) is 31.2 Å². The van der Waals surface area contributed by atoms with Crippen LogP contribution in [0.25, 0.3) is 0 Å². The molecule has 0 bridgehead atoms. The molecule has 9 heteroatoms. The van der Waals surface area contributed by atoms with E-state index in [9.17, 15) is 18.0 Å². The van der Waals surface area contributed by atoms with E-state index in [2.05, 4.69) is 5.32 Å². The monoisotopic (exact) mass is 489 g/mol. The standard InChI is InChI=1S/C25H35N3O5S/c1-7-19(3)26-25(30)20(4)27(16-21-11-9-8-10-18(21)2)24(29)17-28(34(6,31)32)22-12-14-23(33-5)15-13-22/h8-15,19-20H,7,16-17H2,1-6H3,(H,26,30)/t19-,20-/m0/s1. The Labute approximate surface area is 202 Å². The number of methoxy groups -OCH3 is 1. The largest absolute Gasteiger partial charge is 0.497 e. The molecule has 2 rings (SSSR count). The summed E-state index contributed by atoms with van der Waals surface area (Å²) in [5, 5.41) is 2.91. The first-order valence-corrected chi connectivity index (χ1v) is 13.1. The molecule has 8 nitrogen and oxygen atoms in total. The molecule has 34 heavy (non-hydrogen) atoms. The second-order valence-electron chi connectivity index (χ2n) is 8.41. The van der Waals surface area contributed by atoms with Crippen LogP contribution in [0.5, 0.6) is 5.75 Å². The number of sulfonamides is 1. The molecule has 0 aliphatic heterocycles. The Morgan fingerprint density at radius 2 is 1.68 bits per heavy atom. The number of nitrogens with one attached hydrogen (secondary N) is 1. The normalized spacial score (nSPS) is 13.0. The van der Waals surface area contributed by atoms with Crippen molar-refractivity contribution in [2.75, 3.05) is 24.2 Å². The molecule has 0 aliphatic rings. The molecule has 0 saturated carbocycles. The molecular weight excluding hydrogens is 454 g/mol. The van der Waals surface area contributed by atoms with Crippen LogP contribution in [0.1, 0.15) is 38.3 Å². The fourth-order valence-electron chi connectivity index (χ4n) is 3.38. The lowest BCUT2D eigenvalue weighted by Crippen LogP contribution is -2.52. The SMILES string of the molecule is CC[C@H](C)NC(=O)[C@H](C)N(Cc1ccccc1C)C(=O)CN(c1ccc(OC)cc1)S(C)(=O)=O. The number of aryl methyl sites for hydroxylation is 1. The number of hydrogen-bond donors (Lipinski definition) is 1. The molecule has 0 unspecified atom stereocenters. The second kappa shape index (κ2) is 11.9. The molecule has 0 fully saturated rings. The number of carbonyl (C=O) groups is 2. The Hall–Kier alpha value is -3.07. The lowest BCUT2D eigenvalue weighted by atomic mass is 10.1. The van der Waals surface area contributed by atoms with Crippen molar-refractivity contribution in [1.82, 2.24) is 10.2 Å². The van der Waals surface area contributed by atoms with E-state index in [0.717, 1.165) is 28.1 Å². The number of benzene rings is 2. The van der Waals surface area contributed by atoms with Gasteiger partial charge in [-0.2, -0.15) is 0 Å². The third-order valence-electron chi connectivity index (χ3n) is 5.81. The topological polar surface area (TPSA) is 96.0 Å². The van der Waals surface area contributed by atoms with Crippen LogP contribution in [-0.2, 0) is 26.2 Å². The summed E-state index contributed by atoms with van der Waals surface area (Å²) < 4.78 is 31.4. The van der Waals surface area contributed by atoms with Gasteiger partial charge in [-0.3, -0.25) is 13.9 Å². The van der Waals surface area contributed by atoms with Crippen molar-refractivity contribution in [3.8, 4) is 5.75 Å². The summed E-state index contributed by atoms with van der Waals surface area (Å²) in [7, 11) is -2.26. The summed E-state index contributed by atoms with van der Waals surface area (Å²) in [6.07, 6.45) is 1.80. The van der Waals surface area contributed by atoms with Gasteiger partial charge in [-0.1, -0.05) is 31.2 Å². The Morgan fingerprint density at radius 1 is 1.06 bits per heavy atom. The first-order chi connectivity index (χ1) is 16.0. The van der Waals surface area contributed by atoms with Crippen LogP contribution in [0.3, 0.4) is 0 Å². The predicted octanol–water partition coefficient (Wildman–Crippen LogP) is 3.10. The molecule has 2 atom stereocenters. The average molecular weight is 490 g/mol. The van der Waals surface area contributed by atoms with Crippen molar-refractivity contribution in [2.45, 2.75) is 52.7 Å². The maximum Gasteiger partial charge on any atom is 0.244 e. The summed E-state index contributed by atoms with van der Waals surface area (Å²) in [5.74, 6) is -0.192. The van der Waals surface area contributed by atoms with Crippen molar-refractivity contribution in [2.24, 2.45) is 0 Å².